The molecule has 3 aliphatic rings. The van der Waals surface area contributed by atoms with Crippen molar-refractivity contribution in [2.45, 2.75) is 122 Å². The van der Waals surface area contributed by atoms with Crippen molar-refractivity contribution >= 4 is 17.8 Å². The molecule has 3 rings (SSSR count). The van der Waals surface area contributed by atoms with E-state index in [0.29, 0.717) is 19.6 Å². The van der Waals surface area contributed by atoms with Gasteiger partial charge in [-0.15, -0.1) is 0 Å². The molecule has 0 radical (unpaired) electrons. The molecule has 3 heterocycles. The topological polar surface area (TPSA) is 156 Å². The van der Waals surface area contributed by atoms with Crippen LogP contribution in [0.25, 0.3) is 0 Å². The second-order valence-corrected chi connectivity index (χ2v) is 12.0. The largest absolute Gasteiger partial charge is 0.459 e. The van der Waals surface area contributed by atoms with Crippen LogP contribution in [-0.4, -0.2) is 89.1 Å². The maximum Gasteiger partial charge on any atom is 0.303 e. The number of aliphatic hydroxyl groups is 2. The van der Waals surface area contributed by atoms with Crippen molar-refractivity contribution in [1.29, 1.82) is 0 Å². The summed E-state index contributed by atoms with van der Waals surface area (Å²) in [4.78, 5) is 35.7. The smallest absolute Gasteiger partial charge is 0.303 e. The molecule has 1 spiro atoms. The molecule has 0 saturated carbocycles. The van der Waals surface area contributed by atoms with Crippen LogP contribution in [0.3, 0.4) is 0 Å². The van der Waals surface area contributed by atoms with Gasteiger partial charge < -0.3 is 39.8 Å². The molecule has 0 aromatic heterocycles. The first-order chi connectivity index (χ1) is 19.8. The van der Waals surface area contributed by atoms with Crippen LogP contribution in [0.5, 0.6) is 0 Å². The van der Waals surface area contributed by atoms with Crippen LogP contribution >= 0.6 is 0 Å². The number of nitrogens with one attached hydrogen (secondary N) is 2. The van der Waals surface area contributed by atoms with Crippen molar-refractivity contribution in [3.05, 3.63) is 36.0 Å². The molecule has 3 aliphatic heterocycles. The Morgan fingerprint density at radius 3 is 2.55 bits per heavy atom. The van der Waals surface area contributed by atoms with Gasteiger partial charge in [0.05, 0.1) is 31.3 Å². The number of amides is 2. The quantitative estimate of drug-likeness (QED) is 0.115. The molecule has 42 heavy (non-hydrogen) atoms. The third-order valence-corrected chi connectivity index (χ3v) is 7.94. The van der Waals surface area contributed by atoms with Crippen molar-refractivity contribution in [2.24, 2.45) is 5.92 Å². The number of hydrogen-bond acceptors (Lipinski definition) is 9. The Morgan fingerprint density at radius 2 is 1.90 bits per heavy atom. The van der Waals surface area contributed by atoms with Gasteiger partial charge in [-0.1, -0.05) is 37.6 Å². The van der Waals surface area contributed by atoms with Crippen LogP contribution in [0.2, 0.25) is 0 Å². The first-order valence-corrected chi connectivity index (χ1v) is 14.9. The number of hydrogen-bond donors (Lipinski definition) is 4. The van der Waals surface area contributed by atoms with E-state index < -0.39 is 35.7 Å². The van der Waals surface area contributed by atoms with Crippen LogP contribution in [0.4, 0.5) is 0 Å². The summed E-state index contributed by atoms with van der Waals surface area (Å²) in [5.41, 5.74) is 0.0198. The van der Waals surface area contributed by atoms with Crippen LogP contribution in [0, 0.1) is 5.92 Å². The summed E-state index contributed by atoms with van der Waals surface area (Å²) in [5, 5.41) is 27.7. The lowest BCUT2D eigenvalue weighted by Crippen LogP contribution is -2.57. The van der Waals surface area contributed by atoms with Crippen molar-refractivity contribution in [3.8, 4) is 0 Å². The zero-order valence-electron chi connectivity index (χ0n) is 25.6. The molecule has 4 N–H and O–H groups in total. The third kappa shape index (κ3) is 9.74. The summed E-state index contributed by atoms with van der Waals surface area (Å²) in [6.07, 6.45) is 7.96. The summed E-state index contributed by atoms with van der Waals surface area (Å²) >= 11 is 0. The number of aliphatic hydroxyl groups excluding tert-OH is 1. The highest BCUT2D eigenvalue weighted by Crippen LogP contribution is 2.47. The number of carbonyl (C=O) groups is 3. The van der Waals surface area contributed by atoms with E-state index in [-0.39, 0.29) is 48.8 Å². The van der Waals surface area contributed by atoms with Crippen molar-refractivity contribution in [2.75, 3.05) is 13.2 Å². The van der Waals surface area contributed by atoms with Gasteiger partial charge in [-0.3, -0.25) is 14.4 Å². The molecule has 0 aromatic rings. The Balaban J connectivity index is 1.53. The normalized spacial score (nSPS) is 35.8. The average Bonchev–Trinajstić information content (AvgIpc) is 3.67. The number of rotatable bonds is 12. The second kappa shape index (κ2) is 14.7. The van der Waals surface area contributed by atoms with Crippen molar-refractivity contribution in [1.82, 2.24) is 10.6 Å². The van der Waals surface area contributed by atoms with Gasteiger partial charge >= 0.3 is 5.97 Å². The Labute approximate surface area is 248 Å². The molecule has 3 saturated heterocycles. The van der Waals surface area contributed by atoms with Gasteiger partial charge in [0, 0.05) is 26.0 Å². The number of allylic oxidation sites excluding steroid dienone is 2. The highest BCUT2D eigenvalue weighted by molar-refractivity contribution is 5.87. The van der Waals surface area contributed by atoms with Gasteiger partial charge in [-0.05, 0) is 52.0 Å². The molecular formula is C31H48N2O9. The van der Waals surface area contributed by atoms with E-state index >= 15 is 0 Å². The zero-order valence-corrected chi connectivity index (χ0v) is 25.6. The third-order valence-electron chi connectivity index (χ3n) is 7.94. The Kier molecular flexibility index (Phi) is 11.9. The van der Waals surface area contributed by atoms with E-state index in [1.165, 1.54) is 19.1 Å². The molecule has 0 aromatic carbocycles. The fraction of sp³-hybridized carbons (Fsp3) is 0.710. The SMILES string of the molecule is CCCNC(=O)C[C@]1(O)CC2(CO2)[C@H](O)[C@@H](/C=C/C(C)=C/C[C@@H]2O[C@H](C)[C@H](NC(=O)/C=C\[C@H](C)OC(C)=O)C[C@@H]2C)O1. The van der Waals surface area contributed by atoms with E-state index in [1.807, 2.05) is 32.9 Å². The Morgan fingerprint density at radius 1 is 1.19 bits per heavy atom. The van der Waals surface area contributed by atoms with Crippen LogP contribution < -0.4 is 10.6 Å². The first kappa shape index (κ1) is 33.9. The molecule has 11 heteroatoms. The van der Waals surface area contributed by atoms with E-state index in [9.17, 15) is 24.6 Å². The molecule has 2 amide bonds. The molecular weight excluding hydrogens is 544 g/mol. The lowest BCUT2D eigenvalue weighted by atomic mass is 9.85. The maximum atomic E-state index is 12.4. The minimum absolute atomic E-state index is 0.0279. The summed E-state index contributed by atoms with van der Waals surface area (Å²) < 4.78 is 22.6. The molecule has 9 atom stereocenters. The molecule has 236 valence electrons. The minimum Gasteiger partial charge on any atom is -0.459 e. The molecule has 11 nitrogen and oxygen atoms in total. The summed E-state index contributed by atoms with van der Waals surface area (Å²) in [6.45, 7) is 11.7. The lowest BCUT2D eigenvalue weighted by molar-refractivity contribution is -0.282. The average molecular weight is 593 g/mol. The van der Waals surface area contributed by atoms with Crippen molar-refractivity contribution in [3.63, 3.8) is 0 Å². The van der Waals surface area contributed by atoms with Gasteiger partial charge in [-0.2, -0.15) is 0 Å². The number of epoxide rings is 1. The zero-order chi connectivity index (χ0) is 31.1. The number of esters is 1. The summed E-state index contributed by atoms with van der Waals surface area (Å²) in [6, 6.07) is -0.146. The summed E-state index contributed by atoms with van der Waals surface area (Å²) in [5.74, 6) is -2.52. The predicted octanol–water partition coefficient (Wildman–Crippen LogP) is 2.21. The highest BCUT2D eigenvalue weighted by Gasteiger charge is 2.62. The molecule has 0 bridgehead atoms. The van der Waals surface area contributed by atoms with E-state index in [0.717, 1.165) is 18.4 Å². The number of ether oxygens (including phenoxy) is 4. The van der Waals surface area contributed by atoms with Gasteiger partial charge in [0.25, 0.3) is 0 Å². The Bertz CT molecular complexity index is 1050. The Hall–Kier alpha value is -2.57. The predicted molar refractivity (Wildman–Crippen MR) is 155 cm³/mol. The molecule has 3 fully saturated rings. The van der Waals surface area contributed by atoms with Crippen LogP contribution in [0.15, 0.2) is 36.0 Å². The summed E-state index contributed by atoms with van der Waals surface area (Å²) in [7, 11) is 0. The van der Waals surface area contributed by atoms with E-state index in [1.54, 1.807) is 13.0 Å². The molecule has 0 aliphatic carbocycles. The fourth-order valence-electron chi connectivity index (χ4n) is 5.51. The highest BCUT2D eigenvalue weighted by atomic mass is 16.7. The minimum atomic E-state index is -1.73. The van der Waals surface area contributed by atoms with Gasteiger partial charge in [-0.25, -0.2) is 0 Å². The van der Waals surface area contributed by atoms with Crippen LogP contribution in [-0.2, 0) is 33.3 Å². The first-order valence-electron chi connectivity index (χ1n) is 14.9. The maximum absolute atomic E-state index is 12.4. The van der Waals surface area contributed by atoms with E-state index in [2.05, 4.69) is 17.6 Å². The van der Waals surface area contributed by atoms with Gasteiger partial charge in [0.15, 0.2) is 5.79 Å². The fourth-order valence-corrected chi connectivity index (χ4v) is 5.51. The lowest BCUT2D eigenvalue weighted by Gasteiger charge is -2.42. The van der Waals surface area contributed by atoms with Gasteiger partial charge in [0.1, 0.15) is 23.9 Å². The van der Waals surface area contributed by atoms with Crippen LogP contribution in [0.1, 0.15) is 73.6 Å². The molecule has 1 unspecified atom stereocenters. The van der Waals surface area contributed by atoms with Crippen molar-refractivity contribution < 1.29 is 43.5 Å². The van der Waals surface area contributed by atoms with E-state index in [4.69, 9.17) is 18.9 Å². The number of carbonyl (C=O) groups excluding carboxylic acids is 3. The second-order valence-electron chi connectivity index (χ2n) is 12.0. The standard InChI is InChI=1S/C31H48N2O9/c1-7-14-32-28(36)16-31(38)17-30(18-39-30)29(37)26(42-31)12-9-19(2)8-11-25-20(3)15-24(22(5)41-25)33-27(35)13-10-21(4)40-23(6)34/h8-10,12-13,20-22,24-26,29,37-38H,7,11,14-18H2,1-6H3,(H,32,36)(H,33,35)/b12-9+,13-10-,19-8+/t20-,21-,22+,24+,25-,26+,29+,30?,31+/m0/s1. The monoisotopic (exact) mass is 592 g/mol. The van der Waals surface area contributed by atoms with Gasteiger partial charge in [0.2, 0.25) is 11.8 Å².